The zero-order valence-electron chi connectivity index (χ0n) is 8.19. The minimum absolute atomic E-state index is 0.0816. The van der Waals surface area contributed by atoms with E-state index in [2.05, 4.69) is 39.3 Å². The number of hydrogen-bond donors (Lipinski definition) is 2. The molecule has 3 N–H and O–H groups in total. The van der Waals surface area contributed by atoms with Crippen LogP contribution in [0.2, 0.25) is 0 Å². The maximum Gasteiger partial charge on any atom is 0.156 e. The average molecular weight is 262 g/mol. The second-order valence-corrected chi connectivity index (χ2v) is 3.13. The number of nitrogens with two attached hydrogens (primary N) is 1. The van der Waals surface area contributed by atoms with Crippen LogP contribution in [0, 0.1) is 0 Å². The molecule has 5 heteroatoms. The summed E-state index contributed by atoms with van der Waals surface area (Å²) in [5.74, 6) is -0.546. The van der Waals surface area contributed by atoms with Gasteiger partial charge in [0.15, 0.2) is 5.82 Å². The van der Waals surface area contributed by atoms with Crippen molar-refractivity contribution in [2.24, 2.45) is 0 Å². The highest BCUT2D eigenvalue weighted by Crippen LogP contribution is 2.29. The number of hydrogen-bond acceptors (Lipinski definition) is 2. The van der Waals surface area contributed by atoms with E-state index in [-0.39, 0.29) is 11.4 Å². The van der Waals surface area contributed by atoms with Crippen LogP contribution in [-0.4, -0.2) is 10.2 Å². The summed E-state index contributed by atoms with van der Waals surface area (Å²) in [7, 11) is 0. The van der Waals surface area contributed by atoms with E-state index in [1.165, 1.54) is 0 Å². The molecule has 0 aromatic carbocycles. The highest BCUT2D eigenvalue weighted by molar-refractivity contribution is 9.15. The third-order valence-corrected chi connectivity index (χ3v) is 1.73. The lowest BCUT2D eigenvalue weighted by Gasteiger charge is -1.96. The van der Waals surface area contributed by atoms with Crippen molar-refractivity contribution in [1.29, 1.82) is 0 Å². The van der Waals surface area contributed by atoms with Crippen molar-refractivity contribution in [3.05, 3.63) is 24.4 Å². The standard InChI is InChI=1S/C7H7BrFN3.C2H6/c1-3(8)6-5(4(2)9)7(10)12-11-6;1-2/h1-2H2,(H3,10,11,12);1-2H3. The Labute approximate surface area is 91.0 Å². The van der Waals surface area contributed by atoms with Crippen LogP contribution in [0.5, 0.6) is 0 Å². The molecule has 3 nitrogen and oxygen atoms in total. The van der Waals surface area contributed by atoms with Crippen LogP contribution in [0.3, 0.4) is 0 Å². The van der Waals surface area contributed by atoms with Gasteiger partial charge in [-0.15, -0.1) is 0 Å². The lowest BCUT2D eigenvalue weighted by atomic mass is 10.2. The number of halogens is 2. The van der Waals surface area contributed by atoms with Gasteiger partial charge in [-0.05, 0) is 15.9 Å². The topological polar surface area (TPSA) is 54.7 Å². The van der Waals surface area contributed by atoms with Crippen LogP contribution in [0.1, 0.15) is 25.1 Å². The summed E-state index contributed by atoms with van der Waals surface area (Å²) in [6, 6.07) is 0. The fourth-order valence-corrected chi connectivity index (χ4v) is 1.11. The average Bonchev–Trinajstić information content (AvgIpc) is 2.50. The van der Waals surface area contributed by atoms with Crippen molar-refractivity contribution in [3.63, 3.8) is 0 Å². The smallest absolute Gasteiger partial charge is 0.156 e. The Bertz CT molecular complexity index is 344. The van der Waals surface area contributed by atoms with Gasteiger partial charge in [-0.25, -0.2) is 4.39 Å². The highest BCUT2D eigenvalue weighted by Gasteiger charge is 2.14. The molecule has 1 aromatic heterocycles. The van der Waals surface area contributed by atoms with E-state index in [0.717, 1.165) is 0 Å². The summed E-state index contributed by atoms with van der Waals surface area (Å²) >= 11 is 3.09. The van der Waals surface area contributed by atoms with Crippen LogP contribution in [0.4, 0.5) is 10.2 Å². The molecule has 78 valence electrons. The molecular weight excluding hydrogens is 249 g/mol. The van der Waals surface area contributed by atoms with Crippen molar-refractivity contribution >= 4 is 32.1 Å². The summed E-state index contributed by atoms with van der Waals surface area (Å²) in [5.41, 5.74) is 5.96. The Balaban J connectivity index is 0.000000791. The fraction of sp³-hybridized carbons (Fsp3) is 0.222. The van der Waals surface area contributed by atoms with Crippen LogP contribution in [0.25, 0.3) is 10.3 Å². The molecule has 0 radical (unpaired) electrons. The van der Waals surface area contributed by atoms with Gasteiger partial charge in [0.05, 0.1) is 11.3 Å². The predicted molar refractivity (Wildman–Crippen MR) is 62.5 cm³/mol. The SMILES string of the molecule is C=C(Br)c1[nH]nc(N)c1C(=C)F.CC. The summed E-state index contributed by atoms with van der Waals surface area (Å²) in [6.07, 6.45) is 0. The summed E-state index contributed by atoms with van der Waals surface area (Å²) in [6.45, 7) is 10.7. The first kappa shape index (κ1) is 12.9. The first-order valence-electron chi connectivity index (χ1n) is 4.07. The van der Waals surface area contributed by atoms with Gasteiger partial charge >= 0.3 is 0 Å². The number of nitrogen functional groups attached to an aromatic ring is 1. The molecule has 0 saturated carbocycles. The van der Waals surface area contributed by atoms with E-state index in [1.807, 2.05) is 13.8 Å². The van der Waals surface area contributed by atoms with Gasteiger partial charge in [0.2, 0.25) is 0 Å². The number of aromatic nitrogens is 2. The highest BCUT2D eigenvalue weighted by atomic mass is 79.9. The Morgan fingerprint density at radius 2 is 2.00 bits per heavy atom. The molecule has 1 heterocycles. The number of anilines is 1. The van der Waals surface area contributed by atoms with Crippen LogP contribution < -0.4 is 5.73 Å². The Morgan fingerprint density at radius 3 is 2.29 bits per heavy atom. The van der Waals surface area contributed by atoms with E-state index < -0.39 is 5.83 Å². The number of aromatic amines is 1. The Hall–Kier alpha value is -1.10. The first-order valence-corrected chi connectivity index (χ1v) is 4.86. The molecule has 1 aromatic rings. The van der Waals surface area contributed by atoms with Crippen molar-refractivity contribution in [2.75, 3.05) is 5.73 Å². The molecule has 0 amide bonds. The van der Waals surface area contributed by atoms with Crippen LogP contribution in [0.15, 0.2) is 13.2 Å². The van der Waals surface area contributed by atoms with Gasteiger partial charge in [0.1, 0.15) is 5.83 Å². The fourth-order valence-electron chi connectivity index (χ4n) is 0.827. The van der Waals surface area contributed by atoms with Crippen LogP contribution >= 0.6 is 15.9 Å². The summed E-state index contributed by atoms with van der Waals surface area (Å²) in [4.78, 5) is 0. The van der Waals surface area contributed by atoms with Crippen molar-refractivity contribution < 1.29 is 4.39 Å². The molecule has 0 atom stereocenters. The van der Waals surface area contributed by atoms with Gasteiger partial charge < -0.3 is 5.73 Å². The summed E-state index contributed by atoms with van der Waals surface area (Å²) < 4.78 is 13.2. The second kappa shape index (κ2) is 5.59. The predicted octanol–water partition coefficient (Wildman–Crippen LogP) is 3.32. The lowest BCUT2D eigenvalue weighted by molar-refractivity contribution is 0.763. The molecule has 0 aliphatic carbocycles. The van der Waals surface area contributed by atoms with Crippen molar-refractivity contribution in [3.8, 4) is 0 Å². The minimum atomic E-state index is -0.628. The zero-order valence-corrected chi connectivity index (χ0v) is 9.78. The maximum absolute atomic E-state index is 12.8. The Morgan fingerprint density at radius 1 is 1.50 bits per heavy atom. The van der Waals surface area contributed by atoms with E-state index in [9.17, 15) is 4.39 Å². The van der Waals surface area contributed by atoms with Gasteiger partial charge in [-0.1, -0.05) is 27.0 Å². The molecule has 0 unspecified atom stereocenters. The molecule has 1 rings (SSSR count). The van der Waals surface area contributed by atoms with Crippen molar-refractivity contribution in [1.82, 2.24) is 10.2 Å². The summed E-state index contributed by atoms with van der Waals surface area (Å²) in [5, 5.41) is 6.15. The third kappa shape index (κ3) is 2.70. The molecule has 0 fully saturated rings. The first-order chi connectivity index (χ1) is 6.54. The normalized spacial score (nSPS) is 8.86. The maximum atomic E-state index is 12.8. The largest absolute Gasteiger partial charge is 0.382 e. The second-order valence-electron chi connectivity index (χ2n) is 2.17. The number of rotatable bonds is 2. The lowest BCUT2D eigenvalue weighted by Crippen LogP contribution is -1.89. The molecule has 0 saturated heterocycles. The third-order valence-electron chi connectivity index (χ3n) is 1.34. The molecule has 0 aliphatic rings. The van der Waals surface area contributed by atoms with E-state index in [4.69, 9.17) is 5.73 Å². The Kier molecular flexibility index (Phi) is 5.15. The van der Waals surface area contributed by atoms with E-state index in [1.54, 1.807) is 0 Å². The van der Waals surface area contributed by atoms with Crippen molar-refractivity contribution in [2.45, 2.75) is 13.8 Å². The molecule has 14 heavy (non-hydrogen) atoms. The quantitative estimate of drug-likeness (QED) is 0.858. The zero-order chi connectivity index (χ0) is 11.3. The monoisotopic (exact) mass is 261 g/mol. The van der Waals surface area contributed by atoms with Gasteiger partial charge in [-0.2, -0.15) is 5.10 Å². The minimum Gasteiger partial charge on any atom is -0.382 e. The van der Waals surface area contributed by atoms with Crippen LogP contribution in [-0.2, 0) is 0 Å². The number of H-pyrrole nitrogens is 1. The molecular formula is C9H13BrFN3. The number of nitrogens with zero attached hydrogens (tertiary/aromatic N) is 1. The van der Waals surface area contributed by atoms with E-state index in [0.29, 0.717) is 10.2 Å². The van der Waals surface area contributed by atoms with E-state index >= 15 is 0 Å². The molecule has 0 bridgehead atoms. The van der Waals surface area contributed by atoms with Gasteiger partial charge in [-0.3, -0.25) is 5.10 Å². The number of nitrogens with one attached hydrogen (secondary N) is 1. The molecule has 0 spiro atoms. The van der Waals surface area contributed by atoms with Gasteiger partial charge in [0.25, 0.3) is 0 Å². The molecule has 0 aliphatic heterocycles. The van der Waals surface area contributed by atoms with Gasteiger partial charge in [0, 0.05) is 4.48 Å².